The summed E-state index contributed by atoms with van der Waals surface area (Å²) < 4.78 is 0. The Bertz CT molecular complexity index is 581. The molecule has 0 bridgehead atoms. The van der Waals surface area contributed by atoms with Gasteiger partial charge < -0.3 is 5.32 Å². The number of para-hydroxylation sites is 1. The Kier molecular flexibility index (Phi) is 4.29. The molecule has 106 valence electrons. The van der Waals surface area contributed by atoms with E-state index in [4.69, 9.17) is 11.6 Å². The molecule has 2 heterocycles. The summed E-state index contributed by atoms with van der Waals surface area (Å²) in [6, 6.07) is 10.7. The van der Waals surface area contributed by atoms with Crippen LogP contribution in [0.5, 0.6) is 0 Å². The third-order valence-corrected chi connectivity index (χ3v) is 5.32. The van der Waals surface area contributed by atoms with Gasteiger partial charge in [-0.15, -0.1) is 11.3 Å². The molecule has 1 N–H and O–H groups in total. The fourth-order valence-corrected chi connectivity index (χ4v) is 3.97. The lowest BCUT2D eigenvalue weighted by Crippen LogP contribution is -2.36. The van der Waals surface area contributed by atoms with Crippen LogP contribution in [0.15, 0.2) is 35.7 Å². The van der Waals surface area contributed by atoms with E-state index in [2.05, 4.69) is 28.6 Å². The minimum atomic E-state index is 0.526. The highest BCUT2D eigenvalue weighted by atomic mass is 35.5. The lowest BCUT2D eigenvalue weighted by Gasteiger charge is -2.33. The van der Waals surface area contributed by atoms with E-state index in [-0.39, 0.29) is 0 Å². The first kappa shape index (κ1) is 13.9. The first-order valence-corrected chi connectivity index (χ1v) is 8.30. The molecule has 1 aromatic heterocycles. The predicted octanol–water partition coefficient (Wildman–Crippen LogP) is 4.43. The SMILES string of the molecule is CC1c2ccsc2CCN1CCNc1ccccc1Cl. The summed E-state index contributed by atoms with van der Waals surface area (Å²) in [6.07, 6.45) is 1.18. The van der Waals surface area contributed by atoms with Gasteiger partial charge in [-0.25, -0.2) is 0 Å². The molecule has 2 aromatic rings. The Balaban J connectivity index is 1.56. The Labute approximate surface area is 129 Å². The van der Waals surface area contributed by atoms with Crippen LogP contribution in [-0.4, -0.2) is 24.5 Å². The molecule has 1 aromatic carbocycles. The Hall–Kier alpha value is -1.03. The van der Waals surface area contributed by atoms with E-state index in [9.17, 15) is 0 Å². The maximum Gasteiger partial charge on any atom is 0.0637 e. The largest absolute Gasteiger partial charge is 0.383 e. The van der Waals surface area contributed by atoms with E-state index in [0.29, 0.717) is 6.04 Å². The van der Waals surface area contributed by atoms with Gasteiger partial charge in [0.25, 0.3) is 0 Å². The molecule has 4 heteroatoms. The molecule has 0 saturated carbocycles. The summed E-state index contributed by atoms with van der Waals surface area (Å²) in [5.74, 6) is 0. The quantitative estimate of drug-likeness (QED) is 0.899. The Morgan fingerprint density at radius 3 is 3.05 bits per heavy atom. The van der Waals surface area contributed by atoms with Crippen LogP contribution in [0.2, 0.25) is 5.02 Å². The maximum absolute atomic E-state index is 6.15. The number of fused-ring (bicyclic) bond motifs is 1. The van der Waals surface area contributed by atoms with Gasteiger partial charge in [0.1, 0.15) is 0 Å². The lowest BCUT2D eigenvalue weighted by atomic mass is 10.0. The first-order chi connectivity index (χ1) is 9.75. The van der Waals surface area contributed by atoms with Gasteiger partial charge in [0, 0.05) is 30.6 Å². The zero-order valence-corrected chi connectivity index (χ0v) is 13.2. The van der Waals surface area contributed by atoms with Crippen molar-refractivity contribution < 1.29 is 0 Å². The van der Waals surface area contributed by atoms with Crippen molar-refractivity contribution in [3.8, 4) is 0 Å². The number of hydrogen-bond donors (Lipinski definition) is 1. The molecular formula is C16H19ClN2S. The zero-order valence-electron chi connectivity index (χ0n) is 11.6. The van der Waals surface area contributed by atoms with Crippen LogP contribution in [0.25, 0.3) is 0 Å². The highest BCUT2D eigenvalue weighted by Gasteiger charge is 2.23. The van der Waals surface area contributed by atoms with E-state index < -0.39 is 0 Å². The molecule has 20 heavy (non-hydrogen) atoms. The number of halogens is 1. The maximum atomic E-state index is 6.15. The van der Waals surface area contributed by atoms with Crippen LogP contribution >= 0.6 is 22.9 Å². The molecule has 3 rings (SSSR count). The average molecular weight is 307 g/mol. The van der Waals surface area contributed by atoms with Crippen molar-refractivity contribution in [3.05, 3.63) is 51.2 Å². The molecule has 0 aliphatic carbocycles. The van der Waals surface area contributed by atoms with Crippen LogP contribution in [0, 0.1) is 0 Å². The summed E-state index contributed by atoms with van der Waals surface area (Å²) in [7, 11) is 0. The Morgan fingerprint density at radius 1 is 1.35 bits per heavy atom. The highest BCUT2D eigenvalue weighted by molar-refractivity contribution is 7.10. The second-order valence-electron chi connectivity index (χ2n) is 5.17. The predicted molar refractivity (Wildman–Crippen MR) is 88.0 cm³/mol. The zero-order chi connectivity index (χ0) is 13.9. The molecule has 0 saturated heterocycles. The normalized spacial score (nSPS) is 18.8. The second-order valence-corrected chi connectivity index (χ2v) is 6.58. The van der Waals surface area contributed by atoms with Crippen molar-refractivity contribution >= 4 is 28.6 Å². The summed E-state index contributed by atoms with van der Waals surface area (Å²) in [5.41, 5.74) is 2.54. The van der Waals surface area contributed by atoms with Crippen molar-refractivity contribution in [3.63, 3.8) is 0 Å². The molecule has 1 unspecified atom stereocenters. The third kappa shape index (κ3) is 2.85. The number of thiophene rings is 1. The third-order valence-electron chi connectivity index (χ3n) is 3.99. The van der Waals surface area contributed by atoms with Crippen molar-refractivity contribution in [1.82, 2.24) is 4.90 Å². The molecular weight excluding hydrogens is 288 g/mol. The number of rotatable bonds is 4. The monoisotopic (exact) mass is 306 g/mol. The van der Waals surface area contributed by atoms with E-state index in [1.807, 2.05) is 35.6 Å². The van der Waals surface area contributed by atoms with Gasteiger partial charge in [0.05, 0.1) is 10.7 Å². The summed E-state index contributed by atoms with van der Waals surface area (Å²) >= 11 is 8.05. The lowest BCUT2D eigenvalue weighted by molar-refractivity contribution is 0.208. The van der Waals surface area contributed by atoms with Gasteiger partial charge in [-0.3, -0.25) is 4.90 Å². The number of benzene rings is 1. The first-order valence-electron chi connectivity index (χ1n) is 7.04. The van der Waals surface area contributed by atoms with E-state index in [1.54, 1.807) is 4.88 Å². The van der Waals surface area contributed by atoms with Crippen LogP contribution in [0.3, 0.4) is 0 Å². The molecule has 0 amide bonds. The van der Waals surface area contributed by atoms with E-state index in [0.717, 1.165) is 30.3 Å². The van der Waals surface area contributed by atoms with Crippen LogP contribution in [-0.2, 0) is 6.42 Å². The minimum absolute atomic E-state index is 0.526. The van der Waals surface area contributed by atoms with Crippen molar-refractivity contribution in [2.45, 2.75) is 19.4 Å². The molecule has 1 atom stereocenters. The summed E-state index contributed by atoms with van der Waals surface area (Å²) in [5, 5.41) is 6.43. The summed E-state index contributed by atoms with van der Waals surface area (Å²) in [4.78, 5) is 4.10. The number of nitrogens with zero attached hydrogens (tertiary/aromatic N) is 1. The topological polar surface area (TPSA) is 15.3 Å². The molecule has 0 fully saturated rings. The van der Waals surface area contributed by atoms with Crippen LogP contribution in [0.4, 0.5) is 5.69 Å². The summed E-state index contributed by atoms with van der Waals surface area (Å²) in [6.45, 7) is 5.42. The van der Waals surface area contributed by atoms with Crippen molar-refractivity contribution in [2.24, 2.45) is 0 Å². The molecule has 0 spiro atoms. The Morgan fingerprint density at radius 2 is 2.20 bits per heavy atom. The van der Waals surface area contributed by atoms with Crippen molar-refractivity contribution in [2.75, 3.05) is 25.0 Å². The average Bonchev–Trinajstić information content (AvgIpc) is 2.93. The van der Waals surface area contributed by atoms with Gasteiger partial charge >= 0.3 is 0 Å². The van der Waals surface area contributed by atoms with Gasteiger partial charge in [-0.1, -0.05) is 23.7 Å². The molecule has 2 nitrogen and oxygen atoms in total. The molecule has 0 radical (unpaired) electrons. The minimum Gasteiger partial charge on any atom is -0.383 e. The standard InChI is InChI=1S/C16H19ClN2S/c1-12-13-7-11-20-16(13)6-9-19(12)10-8-18-15-5-3-2-4-14(15)17/h2-5,7,11-12,18H,6,8-10H2,1H3. The second kappa shape index (κ2) is 6.17. The van der Waals surface area contributed by atoms with Gasteiger partial charge in [0.15, 0.2) is 0 Å². The van der Waals surface area contributed by atoms with Crippen LogP contribution in [0.1, 0.15) is 23.4 Å². The van der Waals surface area contributed by atoms with Gasteiger partial charge in [-0.2, -0.15) is 0 Å². The number of hydrogen-bond acceptors (Lipinski definition) is 3. The smallest absolute Gasteiger partial charge is 0.0637 e. The van der Waals surface area contributed by atoms with E-state index in [1.165, 1.54) is 12.0 Å². The fourth-order valence-electron chi connectivity index (χ4n) is 2.81. The van der Waals surface area contributed by atoms with Crippen molar-refractivity contribution in [1.29, 1.82) is 0 Å². The number of nitrogens with one attached hydrogen (secondary N) is 1. The fraction of sp³-hybridized carbons (Fsp3) is 0.375. The van der Waals surface area contributed by atoms with E-state index >= 15 is 0 Å². The van der Waals surface area contributed by atoms with Crippen LogP contribution < -0.4 is 5.32 Å². The van der Waals surface area contributed by atoms with Gasteiger partial charge in [-0.05, 0) is 42.5 Å². The molecule has 1 aliphatic rings. The van der Waals surface area contributed by atoms with Gasteiger partial charge in [0.2, 0.25) is 0 Å². The number of anilines is 1. The molecule has 1 aliphatic heterocycles. The highest BCUT2D eigenvalue weighted by Crippen LogP contribution is 2.32.